The summed E-state index contributed by atoms with van der Waals surface area (Å²) in [5.41, 5.74) is -0.148. The molecule has 2 N–H and O–H groups in total. The number of halogens is 2. The van der Waals surface area contributed by atoms with Crippen LogP contribution in [0.3, 0.4) is 0 Å². The van der Waals surface area contributed by atoms with Crippen LogP contribution in [0.4, 0.5) is 8.78 Å². The minimum absolute atomic E-state index is 0.0325. The maximum absolute atomic E-state index is 13.6. The van der Waals surface area contributed by atoms with Crippen LogP contribution in [-0.4, -0.2) is 24.2 Å². The smallest absolute Gasteiger partial charge is 0.338 e. The van der Waals surface area contributed by atoms with Crippen molar-refractivity contribution >= 4 is 5.97 Å². The first-order valence-corrected chi connectivity index (χ1v) is 5.52. The van der Waals surface area contributed by atoms with Crippen LogP contribution < -0.4 is 5.32 Å². The fourth-order valence-corrected chi connectivity index (χ4v) is 2.18. The number of piperidine rings is 1. The molecule has 1 saturated heterocycles. The van der Waals surface area contributed by atoms with E-state index in [4.69, 9.17) is 5.11 Å². The second-order valence-electron chi connectivity index (χ2n) is 4.18. The molecule has 92 valence electrons. The molecule has 0 unspecified atom stereocenters. The third-order valence-electron chi connectivity index (χ3n) is 3.10. The van der Waals surface area contributed by atoms with Crippen molar-refractivity contribution in [2.45, 2.75) is 18.8 Å². The molecule has 2 rings (SSSR count). The molecular weight excluding hydrogens is 228 g/mol. The number of carbonyl (C=O) groups is 1. The van der Waals surface area contributed by atoms with E-state index in [-0.39, 0.29) is 5.92 Å². The zero-order chi connectivity index (χ0) is 12.4. The molecule has 1 aromatic rings. The van der Waals surface area contributed by atoms with Gasteiger partial charge < -0.3 is 10.4 Å². The fraction of sp³-hybridized carbons (Fsp3) is 0.417. The molecular formula is C12H13F2NO2. The Kier molecular flexibility index (Phi) is 3.38. The van der Waals surface area contributed by atoms with Crippen LogP contribution in [0, 0.1) is 11.6 Å². The van der Waals surface area contributed by atoms with E-state index < -0.39 is 23.2 Å². The Morgan fingerprint density at radius 2 is 1.88 bits per heavy atom. The summed E-state index contributed by atoms with van der Waals surface area (Å²) in [5.74, 6) is -3.07. The van der Waals surface area contributed by atoms with E-state index in [0.717, 1.165) is 32.0 Å². The van der Waals surface area contributed by atoms with Crippen molar-refractivity contribution in [3.8, 4) is 0 Å². The van der Waals surface area contributed by atoms with E-state index in [1.165, 1.54) is 0 Å². The quantitative estimate of drug-likeness (QED) is 0.834. The summed E-state index contributed by atoms with van der Waals surface area (Å²) in [4.78, 5) is 10.8. The molecule has 3 nitrogen and oxygen atoms in total. The van der Waals surface area contributed by atoms with E-state index in [0.29, 0.717) is 11.6 Å². The summed E-state index contributed by atoms with van der Waals surface area (Å²) in [6, 6.07) is 1.80. The molecule has 0 aliphatic carbocycles. The van der Waals surface area contributed by atoms with Gasteiger partial charge in [-0.05, 0) is 43.5 Å². The van der Waals surface area contributed by atoms with Gasteiger partial charge in [0.15, 0.2) is 0 Å². The van der Waals surface area contributed by atoms with Gasteiger partial charge in [0.25, 0.3) is 0 Å². The summed E-state index contributed by atoms with van der Waals surface area (Å²) in [6.07, 6.45) is 1.48. The van der Waals surface area contributed by atoms with Crippen molar-refractivity contribution in [1.29, 1.82) is 0 Å². The highest BCUT2D eigenvalue weighted by Crippen LogP contribution is 2.29. The molecule has 0 bridgehead atoms. The van der Waals surface area contributed by atoms with Gasteiger partial charge in [-0.15, -0.1) is 0 Å². The Labute approximate surface area is 97.5 Å². The van der Waals surface area contributed by atoms with Gasteiger partial charge in [0, 0.05) is 6.07 Å². The van der Waals surface area contributed by atoms with Crippen molar-refractivity contribution < 1.29 is 18.7 Å². The van der Waals surface area contributed by atoms with E-state index in [1.807, 2.05) is 0 Å². The van der Waals surface area contributed by atoms with Crippen LogP contribution in [0.15, 0.2) is 12.1 Å². The summed E-state index contributed by atoms with van der Waals surface area (Å²) in [5, 5.41) is 11.9. The van der Waals surface area contributed by atoms with E-state index in [9.17, 15) is 13.6 Å². The van der Waals surface area contributed by atoms with E-state index in [1.54, 1.807) is 0 Å². The fourth-order valence-electron chi connectivity index (χ4n) is 2.18. The average molecular weight is 241 g/mol. The van der Waals surface area contributed by atoms with Crippen molar-refractivity contribution in [2.24, 2.45) is 0 Å². The second-order valence-corrected chi connectivity index (χ2v) is 4.18. The standard InChI is InChI=1S/C12H13F2NO2/c13-10-6-11(14)9(12(16)17)5-8(10)7-1-3-15-4-2-7/h5-7,15H,1-4H2,(H,16,17). The Balaban J connectivity index is 2.38. The molecule has 0 aromatic heterocycles. The molecule has 0 radical (unpaired) electrons. The van der Waals surface area contributed by atoms with Crippen molar-refractivity contribution in [3.05, 3.63) is 34.9 Å². The number of nitrogens with one attached hydrogen (secondary N) is 1. The highest BCUT2D eigenvalue weighted by atomic mass is 19.1. The summed E-state index contributed by atoms with van der Waals surface area (Å²) >= 11 is 0. The van der Waals surface area contributed by atoms with Crippen molar-refractivity contribution in [3.63, 3.8) is 0 Å². The molecule has 1 aliphatic heterocycles. The largest absolute Gasteiger partial charge is 0.478 e. The maximum Gasteiger partial charge on any atom is 0.338 e. The molecule has 0 amide bonds. The van der Waals surface area contributed by atoms with Gasteiger partial charge in [-0.1, -0.05) is 0 Å². The lowest BCUT2D eigenvalue weighted by Crippen LogP contribution is -2.27. The lowest BCUT2D eigenvalue weighted by atomic mass is 9.89. The van der Waals surface area contributed by atoms with Crippen molar-refractivity contribution in [1.82, 2.24) is 5.32 Å². The van der Waals surface area contributed by atoms with E-state index >= 15 is 0 Å². The third-order valence-corrected chi connectivity index (χ3v) is 3.10. The van der Waals surface area contributed by atoms with Gasteiger partial charge in [-0.25, -0.2) is 13.6 Å². The van der Waals surface area contributed by atoms with Gasteiger partial charge in [0.1, 0.15) is 11.6 Å². The SMILES string of the molecule is O=C(O)c1cc(C2CCNCC2)c(F)cc1F. The zero-order valence-electron chi connectivity index (χ0n) is 9.17. The lowest BCUT2D eigenvalue weighted by Gasteiger charge is -2.23. The van der Waals surface area contributed by atoms with Gasteiger partial charge >= 0.3 is 5.97 Å². The van der Waals surface area contributed by atoms with Gasteiger partial charge in [-0.3, -0.25) is 0 Å². The van der Waals surface area contributed by atoms with Crippen LogP contribution >= 0.6 is 0 Å². The Morgan fingerprint density at radius 3 is 2.47 bits per heavy atom. The highest BCUT2D eigenvalue weighted by Gasteiger charge is 2.22. The maximum atomic E-state index is 13.6. The first-order valence-electron chi connectivity index (χ1n) is 5.52. The van der Waals surface area contributed by atoms with Crippen LogP contribution in [0.2, 0.25) is 0 Å². The van der Waals surface area contributed by atoms with Gasteiger partial charge in [0.2, 0.25) is 0 Å². The molecule has 1 aliphatic rings. The highest BCUT2D eigenvalue weighted by molar-refractivity contribution is 5.88. The molecule has 0 spiro atoms. The first-order chi connectivity index (χ1) is 8.09. The summed E-state index contributed by atoms with van der Waals surface area (Å²) in [7, 11) is 0. The van der Waals surface area contributed by atoms with Crippen LogP contribution in [0.25, 0.3) is 0 Å². The summed E-state index contributed by atoms with van der Waals surface area (Å²) < 4.78 is 26.8. The van der Waals surface area contributed by atoms with Crippen LogP contribution in [-0.2, 0) is 0 Å². The number of carboxylic acids is 1. The Bertz CT molecular complexity index is 442. The number of carboxylic acid groups (broad SMARTS) is 1. The Hall–Kier alpha value is -1.49. The van der Waals surface area contributed by atoms with Gasteiger partial charge in [0.05, 0.1) is 5.56 Å². The monoisotopic (exact) mass is 241 g/mol. The molecule has 17 heavy (non-hydrogen) atoms. The normalized spacial score (nSPS) is 17.1. The van der Waals surface area contributed by atoms with E-state index in [2.05, 4.69) is 5.32 Å². The number of hydrogen-bond donors (Lipinski definition) is 2. The number of rotatable bonds is 2. The molecule has 1 aromatic carbocycles. The average Bonchev–Trinajstić information content (AvgIpc) is 2.29. The third kappa shape index (κ3) is 2.44. The Morgan fingerprint density at radius 1 is 1.24 bits per heavy atom. The number of hydrogen-bond acceptors (Lipinski definition) is 2. The predicted molar refractivity (Wildman–Crippen MR) is 58.2 cm³/mol. The predicted octanol–water partition coefficient (Wildman–Crippen LogP) is 2.13. The molecule has 1 fully saturated rings. The first kappa shape index (κ1) is 12.0. The molecule has 5 heteroatoms. The zero-order valence-corrected chi connectivity index (χ0v) is 9.17. The molecule has 1 heterocycles. The van der Waals surface area contributed by atoms with Crippen LogP contribution in [0.1, 0.15) is 34.7 Å². The van der Waals surface area contributed by atoms with Crippen molar-refractivity contribution in [2.75, 3.05) is 13.1 Å². The van der Waals surface area contributed by atoms with Crippen LogP contribution in [0.5, 0.6) is 0 Å². The van der Waals surface area contributed by atoms with Gasteiger partial charge in [-0.2, -0.15) is 0 Å². The minimum Gasteiger partial charge on any atom is -0.478 e. The topological polar surface area (TPSA) is 49.3 Å². The second kappa shape index (κ2) is 4.79. The number of benzene rings is 1. The minimum atomic E-state index is -1.36. The molecule has 0 saturated carbocycles. The number of aromatic carboxylic acids is 1. The summed E-state index contributed by atoms with van der Waals surface area (Å²) in [6.45, 7) is 1.54. The molecule has 0 atom stereocenters. The lowest BCUT2D eigenvalue weighted by molar-refractivity contribution is 0.0691.